The van der Waals surface area contributed by atoms with E-state index in [0.29, 0.717) is 0 Å². The molecule has 110 valence electrons. The predicted molar refractivity (Wildman–Crippen MR) is 84.9 cm³/mol. The van der Waals surface area contributed by atoms with Gasteiger partial charge in [0.1, 0.15) is 6.04 Å². The van der Waals surface area contributed by atoms with E-state index in [4.69, 9.17) is 0 Å². The van der Waals surface area contributed by atoms with Crippen LogP contribution in [0.25, 0.3) is 0 Å². The van der Waals surface area contributed by atoms with Gasteiger partial charge in [0.25, 0.3) is 5.91 Å². The zero-order chi connectivity index (χ0) is 15.2. The number of hydrogen-bond acceptors (Lipinski definition) is 1. The van der Waals surface area contributed by atoms with E-state index in [1.807, 2.05) is 25.1 Å². The maximum absolute atomic E-state index is 11.8. The molecule has 2 atom stereocenters. The van der Waals surface area contributed by atoms with E-state index in [2.05, 4.69) is 54.0 Å². The van der Waals surface area contributed by atoms with Crippen molar-refractivity contribution in [2.75, 3.05) is 7.05 Å². The van der Waals surface area contributed by atoms with Crippen LogP contribution in [0.4, 0.5) is 0 Å². The summed E-state index contributed by atoms with van der Waals surface area (Å²) >= 11 is 0. The monoisotopic (exact) mass is 283 g/mol. The van der Waals surface area contributed by atoms with Crippen molar-refractivity contribution in [3.05, 3.63) is 71.3 Å². The van der Waals surface area contributed by atoms with E-state index in [9.17, 15) is 4.79 Å². The number of nitrogens with two attached hydrogens (primary N) is 1. The molecule has 0 spiro atoms. The van der Waals surface area contributed by atoms with Crippen molar-refractivity contribution < 1.29 is 10.1 Å². The van der Waals surface area contributed by atoms with Crippen LogP contribution in [0.3, 0.4) is 0 Å². The molecule has 21 heavy (non-hydrogen) atoms. The molecule has 0 radical (unpaired) electrons. The molecule has 1 amide bonds. The molecule has 0 saturated heterocycles. The molecule has 3 nitrogen and oxygen atoms in total. The van der Waals surface area contributed by atoms with Gasteiger partial charge in [-0.3, -0.25) is 4.79 Å². The van der Waals surface area contributed by atoms with Gasteiger partial charge in [0.2, 0.25) is 0 Å². The van der Waals surface area contributed by atoms with Gasteiger partial charge in [-0.1, -0.05) is 60.2 Å². The zero-order valence-electron chi connectivity index (χ0n) is 12.8. The van der Waals surface area contributed by atoms with Crippen LogP contribution in [0.1, 0.15) is 29.7 Å². The highest BCUT2D eigenvalue weighted by Crippen LogP contribution is 2.18. The largest absolute Gasteiger partial charge is 0.354 e. The van der Waals surface area contributed by atoms with Gasteiger partial charge >= 0.3 is 0 Å². The van der Waals surface area contributed by atoms with Crippen LogP contribution in [0.2, 0.25) is 0 Å². The predicted octanol–water partition coefficient (Wildman–Crippen LogP) is 1.78. The van der Waals surface area contributed by atoms with Gasteiger partial charge in [-0.2, -0.15) is 0 Å². The lowest BCUT2D eigenvalue weighted by Crippen LogP contribution is -2.92. The van der Waals surface area contributed by atoms with Gasteiger partial charge in [-0.05, 0) is 13.8 Å². The molecule has 3 heteroatoms. The molecule has 0 aromatic heterocycles. The van der Waals surface area contributed by atoms with Crippen molar-refractivity contribution in [3.8, 4) is 0 Å². The molecule has 0 aliphatic rings. The topological polar surface area (TPSA) is 45.7 Å². The van der Waals surface area contributed by atoms with Crippen molar-refractivity contribution in [2.24, 2.45) is 0 Å². The molecular weight excluding hydrogens is 260 g/mol. The van der Waals surface area contributed by atoms with E-state index in [0.717, 1.165) is 0 Å². The Balaban J connectivity index is 2.31. The molecule has 2 rings (SSSR count). The Hall–Kier alpha value is -2.13. The van der Waals surface area contributed by atoms with Gasteiger partial charge in [-0.25, -0.2) is 0 Å². The van der Waals surface area contributed by atoms with E-state index in [1.165, 1.54) is 16.7 Å². The summed E-state index contributed by atoms with van der Waals surface area (Å²) in [5.74, 6) is 0.0445. The maximum Gasteiger partial charge on any atom is 0.277 e. The second-order valence-corrected chi connectivity index (χ2v) is 5.39. The average Bonchev–Trinajstić information content (AvgIpc) is 2.53. The summed E-state index contributed by atoms with van der Waals surface area (Å²) in [6.07, 6.45) is 0. The first-order valence-corrected chi connectivity index (χ1v) is 7.30. The summed E-state index contributed by atoms with van der Waals surface area (Å²) in [5, 5.41) is 4.82. The third-order valence-corrected chi connectivity index (χ3v) is 3.74. The number of benzene rings is 2. The molecule has 0 unspecified atom stereocenters. The maximum atomic E-state index is 11.8. The number of quaternary nitrogens is 1. The minimum Gasteiger partial charge on any atom is -0.354 e. The number of amides is 1. The Kier molecular flexibility index (Phi) is 5.12. The molecule has 0 heterocycles. The Morgan fingerprint density at radius 3 is 2.14 bits per heavy atom. The van der Waals surface area contributed by atoms with Crippen LogP contribution in [0, 0.1) is 6.92 Å². The van der Waals surface area contributed by atoms with Crippen LogP contribution in [-0.2, 0) is 4.79 Å². The lowest BCUT2D eigenvalue weighted by Gasteiger charge is -2.20. The molecule has 0 fully saturated rings. The third-order valence-electron chi connectivity index (χ3n) is 3.74. The Bertz CT molecular complexity index is 578. The second-order valence-electron chi connectivity index (χ2n) is 5.39. The van der Waals surface area contributed by atoms with Crippen molar-refractivity contribution in [1.82, 2.24) is 5.32 Å². The van der Waals surface area contributed by atoms with Gasteiger partial charge in [0.05, 0.1) is 0 Å². The molecule has 0 bridgehead atoms. The highest BCUT2D eigenvalue weighted by Gasteiger charge is 2.23. The summed E-state index contributed by atoms with van der Waals surface area (Å²) in [6, 6.07) is 18.8. The fourth-order valence-electron chi connectivity index (χ4n) is 2.45. The fourth-order valence-corrected chi connectivity index (χ4v) is 2.45. The first kappa shape index (κ1) is 15.3. The standard InChI is InChI=1S/C18H22N2O/c1-13-9-11-16(12-10-13)17(15-7-5-4-6-8-15)20-14(2)18(21)19-3/h4-12,14,17,20H,1-3H3,(H,19,21)/p+1/t14-,17+/m1/s1. The molecule has 0 saturated carbocycles. The number of carbonyl (C=O) groups excluding carboxylic acids is 1. The Labute approximate surface area is 126 Å². The summed E-state index contributed by atoms with van der Waals surface area (Å²) in [7, 11) is 1.68. The van der Waals surface area contributed by atoms with Crippen LogP contribution < -0.4 is 10.6 Å². The molecule has 3 N–H and O–H groups in total. The van der Waals surface area contributed by atoms with Crippen LogP contribution in [0.15, 0.2) is 54.6 Å². The van der Waals surface area contributed by atoms with Crippen molar-refractivity contribution in [3.63, 3.8) is 0 Å². The van der Waals surface area contributed by atoms with Crippen molar-refractivity contribution in [1.29, 1.82) is 0 Å². The number of likely N-dealkylation sites (N-methyl/N-ethyl adjacent to an activating group) is 1. The summed E-state index contributed by atoms with van der Waals surface area (Å²) in [6.45, 7) is 4.02. The number of aryl methyl sites for hydroxylation is 1. The molecule has 2 aromatic carbocycles. The second kappa shape index (κ2) is 7.04. The fraction of sp³-hybridized carbons (Fsp3) is 0.278. The smallest absolute Gasteiger partial charge is 0.277 e. The molecule has 2 aromatic rings. The van der Waals surface area contributed by atoms with Crippen LogP contribution >= 0.6 is 0 Å². The van der Waals surface area contributed by atoms with E-state index >= 15 is 0 Å². The van der Waals surface area contributed by atoms with E-state index in [-0.39, 0.29) is 18.0 Å². The highest BCUT2D eigenvalue weighted by atomic mass is 16.2. The lowest BCUT2D eigenvalue weighted by molar-refractivity contribution is -0.704. The van der Waals surface area contributed by atoms with Gasteiger partial charge in [0.15, 0.2) is 6.04 Å². The molecule has 0 aliphatic heterocycles. The minimum absolute atomic E-state index is 0.0445. The summed E-state index contributed by atoms with van der Waals surface area (Å²) in [5.41, 5.74) is 3.66. The molecule has 0 aliphatic carbocycles. The average molecular weight is 283 g/mol. The number of carbonyl (C=O) groups is 1. The number of hydrogen-bond donors (Lipinski definition) is 2. The van der Waals surface area contributed by atoms with E-state index in [1.54, 1.807) is 7.05 Å². The van der Waals surface area contributed by atoms with E-state index < -0.39 is 0 Å². The van der Waals surface area contributed by atoms with Gasteiger partial charge in [0, 0.05) is 18.2 Å². The van der Waals surface area contributed by atoms with Gasteiger partial charge in [-0.15, -0.1) is 0 Å². The van der Waals surface area contributed by atoms with Crippen molar-refractivity contribution >= 4 is 5.91 Å². The first-order valence-electron chi connectivity index (χ1n) is 7.30. The molecular formula is C18H23N2O+. The Morgan fingerprint density at radius 2 is 1.57 bits per heavy atom. The first-order chi connectivity index (χ1) is 10.1. The number of rotatable bonds is 5. The van der Waals surface area contributed by atoms with Crippen molar-refractivity contribution in [2.45, 2.75) is 25.9 Å². The minimum atomic E-state index is -0.137. The van der Waals surface area contributed by atoms with Crippen LogP contribution in [0.5, 0.6) is 0 Å². The summed E-state index contributed by atoms with van der Waals surface area (Å²) < 4.78 is 0. The normalized spacial score (nSPS) is 13.5. The SMILES string of the molecule is CNC(=O)[C@@H](C)[NH2+][C@@H](c1ccccc1)c1ccc(C)cc1. The number of nitrogens with one attached hydrogen (secondary N) is 1. The lowest BCUT2D eigenvalue weighted by atomic mass is 9.97. The Morgan fingerprint density at radius 1 is 1.00 bits per heavy atom. The summed E-state index contributed by atoms with van der Waals surface area (Å²) in [4.78, 5) is 11.8. The highest BCUT2D eigenvalue weighted by molar-refractivity contribution is 5.79. The van der Waals surface area contributed by atoms with Crippen LogP contribution in [-0.4, -0.2) is 19.0 Å². The third kappa shape index (κ3) is 3.92. The quantitative estimate of drug-likeness (QED) is 0.863. The van der Waals surface area contributed by atoms with Gasteiger partial charge < -0.3 is 10.6 Å². The zero-order valence-corrected chi connectivity index (χ0v) is 12.8.